The number of amides is 1. The third-order valence-corrected chi connectivity index (χ3v) is 4.20. The summed E-state index contributed by atoms with van der Waals surface area (Å²) in [5, 5.41) is 3.95. The number of nitrogens with zero attached hydrogens (tertiary/aromatic N) is 1. The van der Waals surface area contributed by atoms with Crippen molar-refractivity contribution >= 4 is 16.9 Å². The fraction of sp³-hybridized carbons (Fsp3) is 0.222. The number of hydrogen-bond donors (Lipinski definition) is 2. The van der Waals surface area contributed by atoms with Gasteiger partial charge in [0.2, 0.25) is 0 Å². The molecule has 0 fully saturated rings. The first-order valence-corrected chi connectivity index (χ1v) is 7.77. The molecule has 5 nitrogen and oxygen atoms in total. The molecule has 116 valence electrons. The first-order chi connectivity index (χ1) is 11.3. The Morgan fingerprint density at radius 1 is 1.26 bits per heavy atom. The van der Waals surface area contributed by atoms with E-state index in [4.69, 9.17) is 4.74 Å². The van der Waals surface area contributed by atoms with Crippen LogP contribution in [0.25, 0.3) is 22.2 Å². The average Bonchev–Trinajstić information content (AvgIpc) is 2.91. The number of carbonyl (C=O) groups is 1. The standard InChI is InChI=1S/C18H17N3O2/c1-2-11-9-20-17-15(11)7-13(10-21-17)12-3-4-14-16(8-12)23-6-5-19-18(14)22/h3-4,7-10H,2,5-6H2,1H3,(H,19,22)(H,20,21). The lowest BCUT2D eigenvalue weighted by Gasteiger charge is -2.08. The largest absolute Gasteiger partial charge is 0.491 e. The van der Waals surface area contributed by atoms with Crippen molar-refractivity contribution in [2.24, 2.45) is 0 Å². The van der Waals surface area contributed by atoms with Gasteiger partial charge in [-0.3, -0.25) is 4.79 Å². The van der Waals surface area contributed by atoms with Gasteiger partial charge in [-0.1, -0.05) is 13.0 Å². The number of pyridine rings is 1. The molecule has 0 aliphatic carbocycles. The molecular weight excluding hydrogens is 290 g/mol. The van der Waals surface area contributed by atoms with Crippen LogP contribution < -0.4 is 10.1 Å². The van der Waals surface area contributed by atoms with Gasteiger partial charge >= 0.3 is 0 Å². The molecule has 1 aromatic carbocycles. The van der Waals surface area contributed by atoms with Gasteiger partial charge in [-0.25, -0.2) is 4.98 Å². The first-order valence-electron chi connectivity index (χ1n) is 7.77. The first kappa shape index (κ1) is 13.8. The van der Waals surface area contributed by atoms with Crippen molar-refractivity contribution in [1.29, 1.82) is 0 Å². The van der Waals surface area contributed by atoms with E-state index in [1.54, 1.807) is 0 Å². The Balaban J connectivity index is 1.81. The second-order valence-electron chi connectivity index (χ2n) is 5.60. The number of H-pyrrole nitrogens is 1. The summed E-state index contributed by atoms with van der Waals surface area (Å²) in [6, 6.07) is 7.80. The predicted molar refractivity (Wildman–Crippen MR) is 88.7 cm³/mol. The molecular formula is C18H17N3O2. The van der Waals surface area contributed by atoms with Crippen LogP contribution in [-0.2, 0) is 6.42 Å². The van der Waals surface area contributed by atoms with E-state index in [0.717, 1.165) is 28.6 Å². The fourth-order valence-electron chi connectivity index (χ4n) is 2.94. The molecule has 5 heteroatoms. The topological polar surface area (TPSA) is 67.0 Å². The molecule has 2 N–H and O–H groups in total. The second kappa shape index (κ2) is 5.43. The molecule has 4 rings (SSSR count). The van der Waals surface area contributed by atoms with Gasteiger partial charge < -0.3 is 15.0 Å². The summed E-state index contributed by atoms with van der Waals surface area (Å²) in [5.41, 5.74) is 4.74. The Morgan fingerprint density at radius 3 is 3.04 bits per heavy atom. The van der Waals surface area contributed by atoms with Crippen molar-refractivity contribution in [3.63, 3.8) is 0 Å². The summed E-state index contributed by atoms with van der Waals surface area (Å²) in [6.07, 6.45) is 4.81. The maximum atomic E-state index is 12.0. The second-order valence-corrected chi connectivity index (χ2v) is 5.60. The van der Waals surface area contributed by atoms with Crippen LogP contribution in [0.15, 0.2) is 36.7 Å². The van der Waals surface area contributed by atoms with E-state index < -0.39 is 0 Å². The fourth-order valence-corrected chi connectivity index (χ4v) is 2.94. The number of nitrogens with one attached hydrogen (secondary N) is 2. The summed E-state index contributed by atoms with van der Waals surface area (Å²) in [5.74, 6) is 0.541. The Hall–Kier alpha value is -2.82. The minimum absolute atomic E-state index is 0.0865. The van der Waals surface area contributed by atoms with Crippen LogP contribution in [0.4, 0.5) is 0 Å². The molecule has 0 spiro atoms. The number of hydrogen-bond acceptors (Lipinski definition) is 3. The minimum Gasteiger partial charge on any atom is -0.491 e. The predicted octanol–water partition coefficient (Wildman–Crippen LogP) is 2.91. The van der Waals surface area contributed by atoms with Gasteiger partial charge in [-0.05, 0) is 35.7 Å². The maximum Gasteiger partial charge on any atom is 0.255 e. The van der Waals surface area contributed by atoms with E-state index in [9.17, 15) is 4.79 Å². The number of rotatable bonds is 2. The van der Waals surface area contributed by atoms with E-state index >= 15 is 0 Å². The normalized spacial score (nSPS) is 14.0. The van der Waals surface area contributed by atoms with Crippen molar-refractivity contribution in [1.82, 2.24) is 15.3 Å². The number of ether oxygens (including phenoxy) is 1. The molecule has 1 aliphatic heterocycles. The molecule has 1 aliphatic rings. The van der Waals surface area contributed by atoms with Gasteiger partial charge in [0, 0.05) is 23.3 Å². The highest BCUT2D eigenvalue weighted by molar-refractivity contribution is 5.98. The van der Waals surface area contributed by atoms with Crippen molar-refractivity contribution < 1.29 is 9.53 Å². The molecule has 0 saturated carbocycles. The molecule has 23 heavy (non-hydrogen) atoms. The summed E-state index contributed by atoms with van der Waals surface area (Å²) in [7, 11) is 0. The van der Waals surface area contributed by atoms with Crippen LogP contribution in [0.3, 0.4) is 0 Å². The average molecular weight is 307 g/mol. The third-order valence-electron chi connectivity index (χ3n) is 4.20. The number of aromatic nitrogens is 2. The highest BCUT2D eigenvalue weighted by Gasteiger charge is 2.17. The lowest BCUT2D eigenvalue weighted by Crippen LogP contribution is -2.24. The number of aromatic amines is 1. The van der Waals surface area contributed by atoms with Gasteiger partial charge in [0.15, 0.2) is 0 Å². The molecule has 0 saturated heterocycles. The molecule has 2 aromatic heterocycles. The smallest absolute Gasteiger partial charge is 0.255 e. The number of aryl methyl sites for hydroxylation is 1. The summed E-state index contributed by atoms with van der Waals surface area (Å²) >= 11 is 0. The van der Waals surface area contributed by atoms with Crippen LogP contribution in [0.2, 0.25) is 0 Å². The molecule has 0 radical (unpaired) electrons. The lowest BCUT2D eigenvalue weighted by molar-refractivity contribution is 0.0957. The van der Waals surface area contributed by atoms with Crippen molar-refractivity contribution in [3.05, 3.63) is 47.8 Å². The zero-order chi connectivity index (χ0) is 15.8. The van der Waals surface area contributed by atoms with Gasteiger partial charge in [-0.15, -0.1) is 0 Å². The minimum atomic E-state index is -0.0865. The third kappa shape index (κ3) is 2.34. The Bertz CT molecular complexity index is 898. The Kier molecular flexibility index (Phi) is 3.26. The van der Waals surface area contributed by atoms with Gasteiger partial charge in [0.25, 0.3) is 5.91 Å². The zero-order valence-electron chi connectivity index (χ0n) is 12.8. The van der Waals surface area contributed by atoms with Crippen LogP contribution in [0.1, 0.15) is 22.8 Å². The molecule has 0 unspecified atom stereocenters. The van der Waals surface area contributed by atoms with Crippen LogP contribution >= 0.6 is 0 Å². The molecule has 0 atom stereocenters. The van der Waals surface area contributed by atoms with E-state index in [2.05, 4.69) is 28.3 Å². The SMILES string of the molecule is CCc1c[nH]c2ncc(-c3ccc4c(c3)OCCNC4=O)cc12. The van der Waals surface area contributed by atoms with Gasteiger partial charge in [0.05, 0.1) is 12.1 Å². The van der Waals surface area contributed by atoms with Crippen LogP contribution in [0.5, 0.6) is 5.75 Å². The van der Waals surface area contributed by atoms with Gasteiger partial charge in [0.1, 0.15) is 18.0 Å². The van der Waals surface area contributed by atoms with Crippen molar-refractivity contribution in [2.75, 3.05) is 13.2 Å². The molecule has 0 bridgehead atoms. The number of carbonyl (C=O) groups excluding carboxylic acids is 1. The highest BCUT2D eigenvalue weighted by atomic mass is 16.5. The van der Waals surface area contributed by atoms with Gasteiger partial charge in [-0.2, -0.15) is 0 Å². The summed E-state index contributed by atoms with van der Waals surface area (Å²) in [4.78, 5) is 19.7. The Morgan fingerprint density at radius 2 is 2.17 bits per heavy atom. The van der Waals surface area contributed by atoms with E-state index in [1.807, 2.05) is 30.6 Å². The zero-order valence-corrected chi connectivity index (χ0v) is 12.8. The molecule has 1 amide bonds. The Labute approximate surface area is 133 Å². The quantitative estimate of drug-likeness (QED) is 0.765. The maximum absolute atomic E-state index is 12.0. The van der Waals surface area contributed by atoms with E-state index in [1.165, 1.54) is 5.56 Å². The van der Waals surface area contributed by atoms with Crippen molar-refractivity contribution in [2.45, 2.75) is 13.3 Å². The lowest BCUT2D eigenvalue weighted by atomic mass is 10.0. The highest BCUT2D eigenvalue weighted by Crippen LogP contribution is 2.30. The summed E-state index contributed by atoms with van der Waals surface area (Å²) < 4.78 is 5.69. The van der Waals surface area contributed by atoms with E-state index in [0.29, 0.717) is 24.5 Å². The summed E-state index contributed by atoms with van der Waals surface area (Å²) in [6.45, 7) is 3.14. The van der Waals surface area contributed by atoms with Crippen molar-refractivity contribution in [3.8, 4) is 16.9 Å². The van der Waals surface area contributed by atoms with Crippen LogP contribution in [-0.4, -0.2) is 29.0 Å². The monoisotopic (exact) mass is 307 g/mol. The molecule has 3 heterocycles. The van der Waals surface area contributed by atoms with E-state index in [-0.39, 0.29) is 5.91 Å². The van der Waals surface area contributed by atoms with Crippen LogP contribution in [0, 0.1) is 0 Å². The number of benzene rings is 1. The number of fused-ring (bicyclic) bond motifs is 2. The molecule has 3 aromatic rings.